The van der Waals surface area contributed by atoms with Crippen molar-refractivity contribution in [2.75, 3.05) is 0 Å². The maximum atomic E-state index is 3.61. The number of hydrogen-bond donors (Lipinski definition) is 1. The Bertz CT molecular complexity index is 170. The zero-order valence-electron chi connectivity index (χ0n) is 6.72. The van der Waals surface area contributed by atoms with Crippen molar-refractivity contribution in [3.63, 3.8) is 0 Å². The van der Waals surface area contributed by atoms with Gasteiger partial charge in [-0.25, -0.2) is 0 Å². The Morgan fingerprint density at radius 3 is 2.30 bits per heavy atom. The molecule has 2 unspecified atom stereocenters. The fourth-order valence-corrected chi connectivity index (χ4v) is 2.13. The molecule has 1 saturated heterocycles. The number of hydrogen-bond acceptors (Lipinski definition) is 1. The maximum absolute atomic E-state index is 3.61. The van der Waals surface area contributed by atoms with E-state index in [1.165, 1.54) is 12.8 Å². The first kappa shape index (κ1) is 6.41. The summed E-state index contributed by atoms with van der Waals surface area (Å²) in [6.45, 7) is 4.60. The van der Waals surface area contributed by atoms with Gasteiger partial charge in [-0.05, 0) is 32.6 Å². The first-order chi connectivity index (χ1) is 4.68. The van der Waals surface area contributed by atoms with Crippen molar-refractivity contribution < 1.29 is 0 Å². The van der Waals surface area contributed by atoms with E-state index in [9.17, 15) is 0 Å². The molecule has 0 aromatic rings. The van der Waals surface area contributed by atoms with Crippen LogP contribution in [0.2, 0.25) is 0 Å². The van der Waals surface area contributed by atoms with Gasteiger partial charge in [-0.1, -0.05) is 12.2 Å². The maximum Gasteiger partial charge on any atom is 0.0255 e. The minimum Gasteiger partial charge on any atom is -0.305 e. The van der Waals surface area contributed by atoms with Gasteiger partial charge in [0, 0.05) is 11.6 Å². The van der Waals surface area contributed by atoms with E-state index in [-0.39, 0.29) is 0 Å². The molecule has 0 aromatic heterocycles. The molecule has 1 fully saturated rings. The van der Waals surface area contributed by atoms with Crippen LogP contribution in [0.5, 0.6) is 0 Å². The molecule has 10 heavy (non-hydrogen) atoms. The first-order valence-corrected chi connectivity index (χ1v) is 4.14. The van der Waals surface area contributed by atoms with Crippen molar-refractivity contribution in [2.45, 2.75) is 38.3 Å². The highest BCUT2D eigenvalue weighted by Gasteiger charge is 2.36. The summed E-state index contributed by atoms with van der Waals surface area (Å²) >= 11 is 0. The van der Waals surface area contributed by atoms with Crippen LogP contribution in [0.3, 0.4) is 0 Å². The fourth-order valence-electron chi connectivity index (χ4n) is 2.13. The molecule has 0 amide bonds. The lowest BCUT2D eigenvalue weighted by atomic mass is 9.74. The third-order valence-corrected chi connectivity index (χ3v) is 2.85. The van der Waals surface area contributed by atoms with E-state index in [4.69, 9.17) is 0 Å². The summed E-state index contributed by atoms with van der Waals surface area (Å²) in [5, 5.41) is 3.61. The second-order valence-corrected chi connectivity index (χ2v) is 4.04. The van der Waals surface area contributed by atoms with Gasteiger partial charge in [0.2, 0.25) is 0 Å². The highest BCUT2D eigenvalue weighted by molar-refractivity contribution is 5.14. The van der Waals surface area contributed by atoms with Crippen LogP contribution in [-0.2, 0) is 0 Å². The SMILES string of the molecule is CC1(C)NC2C=CC1CC2. The van der Waals surface area contributed by atoms with Gasteiger partial charge in [-0.15, -0.1) is 0 Å². The molecule has 1 aliphatic carbocycles. The Morgan fingerprint density at radius 2 is 2.10 bits per heavy atom. The Hall–Kier alpha value is -0.300. The van der Waals surface area contributed by atoms with Gasteiger partial charge >= 0.3 is 0 Å². The molecular weight excluding hydrogens is 122 g/mol. The molecule has 2 heterocycles. The normalized spacial score (nSPS) is 42.2. The molecule has 0 spiro atoms. The van der Waals surface area contributed by atoms with Crippen molar-refractivity contribution in [1.82, 2.24) is 5.32 Å². The summed E-state index contributed by atoms with van der Waals surface area (Å²) in [5.41, 5.74) is 0.359. The second kappa shape index (κ2) is 1.85. The largest absolute Gasteiger partial charge is 0.305 e. The lowest BCUT2D eigenvalue weighted by molar-refractivity contribution is 0.191. The van der Waals surface area contributed by atoms with Crippen molar-refractivity contribution in [2.24, 2.45) is 5.92 Å². The molecule has 0 aromatic carbocycles. The Kier molecular flexibility index (Phi) is 1.19. The number of piperidine rings is 1. The van der Waals surface area contributed by atoms with Crippen molar-refractivity contribution in [1.29, 1.82) is 0 Å². The van der Waals surface area contributed by atoms with E-state index in [2.05, 4.69) is 31.3 Å². The average molecular weight is 137 g/mol. The van der Waals surface area contributed by atoms with Gasteiger partial charge in [0.05, 0.1) is 0 Å². The zero-order chi connectivity index (χ0) is 7.19. The fraction of sp³-hybridized carbons (Fsp3) is 0.778. The van der Waals surface area contributed by atoms with E-state index >= 15 is 0 Å². The molecule has 2 atom stereocenters. The van der Waals surface area contributed by atoms with Gasteiger partial charge < -0.3 is 5.32 Å². The van der Waals surface area contributed by atoms with Crippen LogP contribution in [0.1, 0.15) is 26.7 Å². The van der Waals surface area contributed by atoms with Crippen LogP contribution in [0, 0.1) is 5.92 Å². The Labute approximate surface area is 62.5 Å². The van der Waals surface area contributed by atoms with E-state index < -0.39 is 0 Å². The number of nitrogens with one attached hydrogen (secondary N) is 1. The minimum atomic E-state index is 0.359. The molecule has 2 bridgehead atoms. The molecule has 1 heteroatoms. The third kappa shape index (κ3) is 0.807. The molecule has 0 radical (unpaired) electrons. The summed E-state index contributed by atoms with van der Waals surface area (Å²) in [7, 11) is 0. The summed E-state index contributed by atoms with van der Waals surface area (Å²) in [6, 6.07) is 0.667. The van der Waals surface area contributed by atoms with Gasteiger partial charge in [0.1, 0.15) is 0 Å². The van der Waals surface area contributed by atoms with Crippen molar-refractivity contribution in [3.8, 4) is 0 Å². The molecule has 1 nitrogen and oxygen atoms in total. The molecule has 3 aliphatic rings. The molecule has 0 saturated carbocycles. The van der Waals surface area contributed by atoms with Crippen LogP contribution >= 0.6 is 0 Å². The van der Waals surface area contributed by atoms with Crippen LogP contribution in [0.15, 0.2) is 12.2 Å². The van der Waals surface area contributed by atoms with Crippen molar-refractivity contribution >= 4 is 0 Å². The second-order valence-electron chi connectivity index (χ2n) is 4.04. The van der Waals surface area contributed by atoms with E-state index in [1.807, 2.05) is 0 Å². The first-order valence-electron chi connectivity index (χ1n) is 4.14. The quantitative estimate of drug-likeness (QED) is 0.501. The molecule has 1 N–H and O–H groups in total. The predicted octanol–water partition coefficient (Wildman–Crippen LogP) is 1.70. The molecule has 2 aliphatic heterocycles. The number of fused-ring (bicyclic) bond motifs is 2. The van der Waals surface area contributed by atoms with E-state index in [0.717, 1.165) is 5.92 Å². The van der Waals surface area contributed by atoms with Crippen LogP contribution in [0.4, 0.5) is 0 Å². The van der Waals surface area contributed by atoms with Gasteiger partial charge in [0.15, 0.2) is 0 Å². The van der Waals surface area contributed by atoms with Crippen LogP contribution in [-0.4, -0.2) is 11.6 Å². The molecular formula is C9H15N. The topological polar surface area (TPSA) is 12.0 Å². The zero-order valence-corrected chi connectivity index (χ0v) is 6.72. The minimum absolute atomic E-state index is 0.359. The predicted molar refractivity (Wildman–Crippen MR) is 42.9 cm³/mol. The van der Waals surface area contributed by atoms with Gasteiger partial charge in [-0.3, -0.25) is 0 Å². The van der Waals surface area contributed by atoms with Crippen LogP contribution < -0.4 is 5.32 Å². The van der Waals surface area contributed by atoms with Gasteiger partial charge in [-0.2, -0.15) is 0 Å². The smallest absolute Gasteiger partial charge is 0.0255 e. The van der Waals surface area contributed by atoms with E-state index in [0.29, 0.717) is 11.6 Å². The highest BCUT2D eigenvalue weighted by Crippen LogP contribution is 2.33. The molecule has 3 rings (SSSR count). The standard InChI is InChI=1S/C9H15N/c1-9(2)7-3-5-8(10-9)6-4-7/h3,5,7-8,10H,4,6H2,1-2H3. The molecule has 56 valence electrons. The summed E-state index contributed by atoms with van der Waals surface area (Å²) in [4.78, 5) is 0. The Balaban J connectivity index is 2.27. The van der Waals surface area contributed by atoms with Crippen molar-refractivity contribution in [3.05, 3.63) is 12.2 Å². The summed E-state index contributed by atoms with van der Waals surface area (Å²) in [5.74, 6) is 0.775. The average Bonchev–Trinajstić information content (AvgIpc) is 1.87. The lowest BCUT2D eigenvalue weighted by Gasteiger charge is -2.45. The monoisotopic (exact) mass is 137 g/mol. The highest BCUT2D eigenvalue weighted by atomic mass is 15.0. The van der Waals surface area contributed by atoms with E-state index in [1.54, 1.807) is 0 Å². The lowest BCUT2D eigenvalue weighted by Crippen LogP contribution is -2.56. The van der Waals surface area contributed by atoms with Crippen LogP contribution in [0.25, 0.3) is 0 Å². The summed E-state index contributed by atoms with van der Waals surface area (Å²) in [6.07, 6.45) is 7.41. The third-order valence-electron chi connectivity index (χ3n) is 2.85. The summed E-state index contributed by atoms with van der Waals surface area (Å²) < 4.78 is 0. The van der Waals surface area contributed by atoms with Gasteiger partial charge in [0.25, 0.3) is 0 Å². The Morgan fingerprint density at radius 1 is 1.30 bits per heavy atom. The number of rotatable bonds is 0.